The van der Waals surface area contributed by atoms with E-state index >= 15 is 0 Å². The van der Waals surface area contributed by atoms with Crippen molar-refractivity contribution in [2.45, 2.75) is 40.3 Å². The Bertz CT molecular complexity index is 581. The van der Waals surface area contributed by atoms with Crippen LogP contribution in [0.5, 0.6) is 0 Å². The van der Waals surface area contributed by atoms with E-state index in [9.17, 15) is 5.11 Å². The van der Waals surface area contributed by atoms with Crippen molar-refractivity contribution in [2.75, 3.05) is 5.32 Å². The van der Waals surface area contributed by atoms with Crippen LogP contribution in [0.1, 0.15) is 40.8 Å². The van der Waals surface area contributed by atoms with Crippen molar-refractivity contribution in [3.05, 3.63) is 64.2 Å². The van der Waals surface area contributed by atoms with E-state index in [0.717, 1.165) is 11.3 Å². The SMILES string of the molecule is Cc1cc(C)c(C(C)Nc2ccccc2CO)c(C)c1. The fraction of sp³-hybridized carbons (Fsp3) is 0.333. The van der Waals surface area contributed by atoms with E-state index in [1.165, 1.54) is 22.3 Å². The van der Waals surface area contributed by atoms with Gasteiger partial charge in [0, 0.05) is 17.3 Å². The molecule has 0 spiro atoms. The molecule has 20 heavy (non-hydrogen) atoms. The molecule has 2 aromatic rings. The molecular weight excluding hydrogens is 246 g/mol. The standard InChI is InChI=1S/C18H23NO/c1-12-9-13(2)18(14(3)10-12)15(4)19-17-8-6-5-7-16(17)11-20/h5-10,15,19-20H,11H2,1-4H3. The molecule has 2 nitrogen and oxygen atoms in total. The summed E-state index contributed by atoms with van der Waals surface area (Å²) < 4.78 is 0. The Morgan fingerprint density at radius 1 is 1.05 bits per heavy atom. The fourth-order valence-corrected chi connectivity index (χ4v) is 2.98. The van der Waals surface area contributed by atoms with Gasteiger partial charge < -0.3 is 10.4 Å². The lowest BCUT2D eigenvalue weighted by Gasteiger charge is -2.22. The van der Waals surface area contributed by atoms with Crippen LogP contribution in [0.2, 0.25) is 0 Å². The van der Waals surface area contributed by atoms with Gasteiger partial charge in [-0.25, -0.2) is 0 Å². The molecule has 0 fully saturated rings. The van der Waals surface area contributed by atoms with Crippen LogP contribution in [-0.2, 0) is 6.61 Å². The number of rotatable bonds is 4. The van der Waals surface area contributed by atoms with Crippen molar-refractivity contribution in [2.24, 2.45) is 0 Å². The number of hydrogen-bond acceptors (Lipinski definition) is 2. The average Bonchev–Trinajstić information content (AvgIpc) is 2.38. The van der Waals surface area contributed by atoms with Crippen molar-refractivity contribution >= 4 is 5.69 Å². The minimum absolute atomic E-state index is 0.0573. The number of anilines is 1. The van der Waals surface area contributed by atoms with Crippen LogP contribution in [0.3, 0.4) is 0 Å². The van der Waals surface area contributed by atoms with Crippen LogP contribution in [0, 0.1) is 20.8 Å². The van der Waals surface area contributed by atoms with Gasteiger partial charge in [-0.15, -0.1) is 0 Å². The highest BCUT2D eigenvalue weighted by molar-refractivity contribution is 5.53. The number of benzene rings is 2. The van der Waals surface area contributed by atoms with E-state index < -0.39 is 0 Å². The second-order valence-electron chi connectivity index (χ2n) is 5.49. The number of nitrogens with one attached hydrogen (secondary N) is 1. The molecule has 0 radical (unpaired) electrons. The summed E-state index contributed by atoms with van der Waals surface area (Å²) in [6, 6.07) is 12.6. The van der Waals surface area contributed by atoms with Gasteiger partial charge >= 0.3 is 0 Å². The molecule has 0 aliphatic rings. The lowest BCUT2D eigenvalue weighted by molar-refractivity contribution is 0.282. The van der Waals surface area contributed by atoms with Crippen LogP contribution in [0.25, 0.3) is 0 Å². The molecule has 0 saturated heterocycles. The molecular formula is C18H23NO. The Labute approximate surface area is 121 Å². The molecule has 2 N–H and O–H groups in total. The van der Waals surface area contributed by atoms with Gasteiger partial charge in [-0.1, -0.05) is 35.9 Å². The maximum Gasteiger partial charge on any atom is 0.0701 e. The minimum Gasteiger partial charge on any atom is -0.392 e. The molecule has 0 saturated carbocycles. The first kappa shape index (κ1) is 14.6. The third kappa shape index (κ3) is 3.02. The van der Waals surface area contributed by atoms with E-state index in [1.807, 2.05) is 24.3 Å². The van der Waals surface area contributed by atoms with Crippen LogP contribution in [0.4, 0.5) is 5.69 Å². The molecule has 0 bridgehead atoms. The molecule has 1 unspecified atom stereocenters. The highest BCUT2D eigenvalue weighted by atomic mass is 16.3. The summed E-state index contributed by atoms with van der Waals surface area (Å²) in [5.41, 5.74) is 7.19. The van der Waals surface area contributed by atoms with E-state index in [-0.39, 0.29) is 12.6 Å². The van der Waals surface area contributed by atoms with Gasteiger partial charge in [-0.2, -0.15) is 0 Å². The van der Waals surface area contributed by atoms with Crippen molar-refractivity contribution in [3.63, 3.8) is 0 Å². The third-order valence-electron chi connectivity index (χ3n) is 3.73. The van der Waals surface area contributed by atoms with Gasteiger partial charge in [-0.3, -0.25) is 0 Å². The summed E-state index contributed by atoms with van der Waals surface area (Å²) >= 11 is 0. The van der Waals surface area contributed by atoms with Crippen LogP contribution >= 0.6 is 0 Å². The predicted octanol–water partition coefficient (Wildman–Crippen LogP) is 4.28. The summed E-state index contributed by atoms with van der Waals surface area (Å²) in [5.74, 6) is 0. The summed E-state index contributed by atoms with van der Waals surface area (Å²) in [6.45, 7) is 8.67. The maximum absolute atomic E-state index is 9.41. The normalized spacial score (nSPS) is 12.2. The summed E-state index contributed by atoms with van der Waals surface area (Å²) in [6.07, 6.45) is 0. The molecule has 2 heteroatoms. The van der Waals surface area contributed by atoms with Gasteiger partial charge in [-0.05, 0) is 50.5 Å². The minimum atomic E-state index is 0.0573. The second-order valence-corrected chi connectivity index (χ2v) is 5.49. The Hall–Kier alpha value is -1.80. The van der Waals surface area contributed by atoms with E-state index in [4.69, 9.17) is 0 Å². The zero-order valence-corrected chi connectivity index (χ0v) is 12.7. The van der Waals surface area contributed by atoms with Crippen molar-refractivity contribution < 1.29 is 5.11 Å². The molecule has 2 rings (SSSR count). The second kappa shape index (κ2) is 6.10. The molecule has 0 aliphatic carbocycles. The monoisotopic (exact) mass is 269 g/mol. The number of aliphatic hydroxyl groups is 1. The number of aryl methyl sites for hydroxylation is 3. The molecule has 1 atom stereocenters. The Kier molecular flexibility index (Phi) is 4.46. The summed E-state index contributed by atoms with van der Waals surface area (Å²) in [7, 11) is 0. The third-order valence-corrected chi connectivity index (χ3v) is 3.73. The molecule has 106 valence electrons. The Morgan fingerprint density at radius 3 is 2.25 bits per heavy atom. The molecule has 0 amide bonds. The van der Waals surface area contributed by atoms with Gasteiger partial charge in [0.1, 0.15) is 0 Å². The summed E-state index contributed by atoms with van der Waals surface area (Å²) in [4.78, 5) is 0. The van der Waals surface area contributed by atoms with Gasteiger partial charge in [0.2, 0.25) is 0 Å². The highest BCUT2D eigenvalue weighted by Gasteiger charge is 2.13. The number of hydrogen-bond donors (Lipinski definition) is 2. The molecule has 0 aliphatic heterocycles. The van der Waals surface area contributed by atoms with E-state index in [0.29, 0.717) is 0 Å². The van der Waals surface area contributed by atoms with Gasteiger partial charge in [0.25, 0.3) is 0 Å². The zero-order chi connectivity index (χ0) is 14.7. The quantitative estimate of drug-likeness (QED) is 0.868. The predicted molar refractivity (Wildman–Crippen MR) is 85.1 cm³/mol. The largest absolute Gasteiger partial charge is 0.392 e. The van der Waals surface area contributed by atoms with E-state index in [1.54, 1.807) is 0 Å². The van der Waals surface area contributed by atoms with Gasteiger partial charge in [0.05, 0.1) is 6.61 Å². The lowest BCUT2D eigenvalue weighted by Crippen LogP contribution is -2.11. The van der Waals surface area contributed by atoms with Crippen molar-refractivity contribution in [1.82, 2.24) is 0 Å². The average molecular weight is 269 g/mol. The Morgan fingerprint density at radius 2 is 1.65 bits per heavy atom. The van der Waals surface area contributed by atoms with Crippen LogP contribution in [0.15, 0.2) is 36.4 Å². The van der Waals surface area contributed by atoms with E-state index in [2.05, 4.69) is 45.1 Å². The topological polar surface area (TPSA) is 32.3 Å². The summed E-state index contributed by atoms with van der Waals surface area (Å²) in [5, 5.41) is 12.9. The number of para-hydroxylation sites is 1. The first-order valence-corrected chi connectivity index (χ1v) is 7.06. The zero-order valence-electron chi connectivity index (χ0n) is 12.7. The maximum atomic E-state index is 9.41. The smallest absolute Gasteiger partial charge is 0.0701 e. The fourth-order valence-electron chi connectivity index (χ4n) is 2.98. The Balaban J connectivity index is 2.31. The first-order valence-electron chi connectivity index (χ1n) is 7.06. The van der Waals surface area contributed by atoms with Gasteiger partial charge in [0.15, 0.2) is 0 Å². The lowest BCUT2D eigenvalue weighted by atomic mass is 9.94. The van der Waals surface area contributed by atoms with Crippen molar-refractivity contribution in [1.29, 1.82) is 0 Å². The molecule has 2 aromatic carbocycles. The van der Waals surface area contributed by atoms with Crippen LogP contribution in [-0.4, -0.2) is 5.11 Å². The highest BCUT2D eigenvalue weighted by Crippen LogP contribution is 2.27. The number of aliphatic hydroxyl groups excluding tert-OH is 1. The van der Waals surface area contributed by atoms with Crippen LogP contribution < -0.4 is 5.32 Å². The molecule has 0 aromatic heterocycles. The first-order chi connectivity index (χ1) is 9.52. The van der Waals surface area contributed by atoms with Crippen molar-refractivity contribution in [3.8, 4) is 0 Å². The molecule has 0 heterocycles.